The zero-order valence-electron chi connectivity index (χ0n) is 22.6. The minimum Gasteiger partial charge on any atom is -0.508 e. The maximum atomic E-state index is 13.5. The predicted molar refractivity (Wildman–Crippen MR) is 147 cm³/mol. The molecular formula is C30H40O6S. The molecule has 0 amide bonds. The SMILES string of the molecule is CCCCC1(CCc2ccc(O)cc2)CC(=O)C(Sc2cc(C)c(OCCO)cc2C(C)(C)C)C(=O)O1. The number of ether oxygens (including phenoxy) is 2. The van der Waals surface area contributed by atoms with Crippen LogP contribution in [-0.4, -0.2) is 46.0 Å². The zero-order chi connectivity index (χ0) is 27.2. The van der Waals surface area contributed by atoms with Crippen molar-refractivity contribution in [2.24, 2.45) is 0 Å². The molecule has 7 heteroatoms. The Balaban J connectivity index is 1.83. The standard InChI is InChI=1S/C30H40O6S/c1-6-7-13-30(14-12-21-8-10-22(32)11-9-21)19-24(33)27(28(34)36-30)37-26-17-20(2)25(35-16-15-31)18-23(26)29(3,4)5/h8-11,17-18,27,31-32H,6-7,12-16,19H2,1-5H3. The number of hydrogen-bond acceptors (Lipinski definition) is 7. The number of benzene rings is 2. The largest absolute Gasteiger partial charge is 0.508 e. The Labute approximate surface area is 224 Å². The Kier molecular flexibility index (Phi) is 9.70. The Hall–Kier alpha value is -2.51. The van der Waals surface area contributed by atoms with Crippen LogP contribution < -0.4 is 4.74 Å². The van der Waals surface area contributed by atoms with Crippen molar-refractivity contribution in [1.29, 1.82) is 0 Å². The summed E-state index contributed by atoms with van der Waals surface area (Å²) < 4.78 is 11.8. The molecule has 0 aromatic heterocycles. The number of cyclic esters (lactones) is 1. The summed E-state index contributed by atoms with van der Waals surface area (Å²) in [6.45, 7) is 10.4. The van der Waals surface area contributed by atoms with Crippen LogP contribution in [0.2, 0.25) is 0 Å². The van der Waals surface area contributed by atoms with Gasteiger partial charge in [-0.15, -0.1) is 11.8 Å². The number of phenols is 1. The Bertz CT molecular complexity index is 1070. The van der Waals surface area contributed by atoms with Gasteiger partial charge in [0.05, 0.1) is 6.61 Å². The van der Waals surface area contributed by atoms with E-state index in [0.717, 1.165) is 34.4 Å². The van der Waals surface area contributed by atoms with E-state index in [4.69, 9.17) is 14.6 Å². The number of phenolic OH excluding ortho intramolecular Hbond substituents is 1. The molecule has 2 atom stereocenters. The molecule has 3 rings (SSSR count). The lowest BCUT2D eigenvalue weighted by Gasteiger charge is -2.39. The van der Waals surface area contributed by atoms with Crippen molar-refractivity contribution in [3.63, 3.8) is 0 Å². The van der Waals surface area contributed by atoms with E-state index in [1.807, 2.05) is 31.2 Å². The van der Waals surface area contributed by atoms with Gasteiger partial charge in [0.2, 0.25) is 0 Å². The van der Waals surface area contributed by atoms with E-state index in [0.29, 0.717) is 25.0 Å². The van der Waals surface area contributed by atoms with Crippen LogP contribution in [0.5, 0.6) is 11.5 Å². The van der Waals surface area contributed by atoms with E-state index < -0.39 is 16.8 Å². The molecule has 2 unspecified atom stereocenters. The lowest BCUT2D eigenvalue weighted by molar-refractivity contribution is -0.171. The minimum absolute atomic E-state index is 0.0737. The summed E-state index contributed by atoms with van der Waals surface area (Å²) in [4.78, 5) is 27.7. The van der Waals surface area contributed by atoms with Crippen molar-refractivity contribution in [2.45, 2.75) is 94.3 Å². The summed E-state index contributed by atoms with van der Waals surface area (Å²) in [5.74, 6) is 0.331. The van der Waals surface area contributed by atoms with Gasteiger partial charge in [0.25, 0.3) is 0 Å². The molecule has 6 nitrogen and oxygen atoms in total. The van der Waals surface area contributed by atoms with Crippen LogP contribution in [0, 0.1) is 6.92 Å². The summed E-state index contributed by atoms with van der Waals surface area (Å²) in [7, 11) is 0. The first-order valence-electron chi connectivity index (χ1n) is 13.1. The third-order valence-corrected chi connectivity index (χ3v) is 8.07. The highest BCUT2D eigenvalue weighted by Gasteiger charge is 2.47. The molecule has 0 spiro atoms. The number of unbranched alkanes of at least 4 members (excludes halogenated alkanes) is 1. The van der Waals surface area contributed by atoms with Crippen molar-refractivity contribution >= 4 is 23.5 Å². The van der Waals surface area contributed by atoms with Gasteiger partial charge >= 0.3 is 5.97 Å². The van der Waals surface area contributed by atoms with Crippen LogP contribution >= 0.6 is 11.8 Å². The quantitative estimate of drug-likeness (QED) is 0.277. The van der Waals surface area contributed by atoms with E-state index in [-0.39, 0.29) is 36.6 Å². The molecule has 0 radical (unpaired) electrons. The first-order valence-corrected chi connectivity index (χ1v) is 13.9. The van der Waals surface area contributed by atoms with E-state index in [9.17, 15) is 14.7 Å². The van der Waals surface area contributed by atoms with Crippen molar-refractivity contribution in [3.8, 4) is 11.5 Å². The molecule has 37 heavy (non-hydrogen) atoms. The topological polar surface area (TPSA) is 93.1 Å². The van der Waals surface area contributed by atoms with Gasteiger partial charge < -0.3 is 19.7 Å². The molecule has 0 aliphatic carbocycles. The van der Waals surface area contributed by atoms with Gasteiger partial charge in [0.1, 0.15) is 23.7 Å². The van der Waals surface area contributed by atoms with Gasteiger partial charge in [-0.3, -0.25) is 9.59 Å². The van der Waals surface area contributed by atoms with E-state index >= 15 is 0 Å². The zero-order valence-corrected chi connectivity index (χ0v) is 23.5. The summed E-state index contributed by atoms with van der Waals surface area (Å²) in [5.41, 5.74) is 1.84. The fourth-order valence-electron chi connectivity index (χ4n) is 4.68. The minimum atomic E-state index is -0.909. The predicted octanol–water partition coefficient (Wildman–Crippen LogP) is 5.91. The maximum absolute atomic E-state index is 13.5. The first-order chi connectivity index (χ1) is 17.5. The van der Waals surface area contributed by atoms with Gasteiger partial charge in [0.15, 0.2) is 11.0 Å². The van der Waals surface area contributed by atoms with Crippen molar-refractivity contribution < 1.29 is 29.3 Å². The van der Waals surface area contributed by atoms with Crippen LogP contribution in [0.3, 0.4) is 0 Å². The normalized spacial score (nSPS) is 20.1. The molecule has 2 N–H and O–H groups in total. The molecule has 1 aliphatic rings. The fraction of sp³-hybridized carbons (Fsp3) is 0.533. The molecule has 1 saturated heterocycles. The number of carbonyl (C=O) groups excluding carboxylic acids is 2. The van der Waals surface area contributed by atoms with Crippen molar-refractivity contribution in [1.82, 2.24) is 0 Å². The van der Waals surface area contributed by atoms with Crippen molar-refractivity contribution in [2.75, 3.05) is 13.2 Å². The number of aromatic hydroxyl groups is 1. The average Bonchev–Trinajstić information content (AvgIpc) is 2.83. The molecule has 2 aromatic rings. The second kappa shape index (κ2) is 12.4. The van der Waals surface area contributed by atoms with E-state index in [1.165, 1.54) is 11.8 Å². The Morgan fingerprint density at radius 2 is 1.84 bits per heavy atom. The molecule has 0 bridgehead atoms. The summed E-state index contributed by atoms with van der Waals surface area (Å²) in [5, 5.41) is 17.8. The summed E-state index contributed by atoms with van der Waals surface area (Å²) in [6, 6.07) is 10.9. The summed E-state index contributed by atoms with van der Waals surface area (Å²) in [6.07, 6.45) is 3.90. The number of aliphatic hydroxyl groups excluding tert-OH is 1. The van der Waals surface area contributed by atoms with Crippen LogP contribution in [0.1, 0.15) is 76.5 Å². The third-order valence-electron chi connectivity index (χ3n) is 6.79. The highest BCUT2D eigenvalue weighted by atomic mass is 32.2. The van der Waals surface area contributed by atoms with Gasteiger partial charge in [0, 0.05) is 11.3 Å². The Morgan fingerprint density at radius 1 is 1.14 bits per heavy atom. The van der Waals surface area contributed by atoms with Gasteiger partial charge in [-0.1, -0.05) is 46.2 Å². The molecule has 0 saturated carbocycles. The maximum Gasteiger partial charge on any atom is 0.327 e. The average molecular weight is 529 g/mol. The number of thioether (sulfide) groups is 1. The number of esters is 1. The van der Waals surface area contributed by atoms with Gasteiger partial charge in [-0.25, -0.2) is 0 Å². The summed E-state index contributed by atoms with van der Waals surface area (Å²) >= 11 is 1.26. The second-order valence-corrected chi connectivity index (χ2v) is 12.1. The number of rotatable bonds is 11. The fourth-order valence-corrected chi connectivity index (χ4v) is 6.03. The lowest BCUT2D eigenvalue weighted by Crippen LogP contribution is -2.49. The first kappa shape index (κ1) is 29.1. The highest BCUT2D eigenvalue weighted by Crippen LogP contribution is 2.43. The van der Waals surface area contributed by atoms with Crippen LogP contribution in [-0.2, 0) is 26.2 Å². The molecule has 202 valence electrons. The highest BCUT2D eigenvalue weighted by molar-refractivity contribution is 8.01. The number of aryl methyl sites for hydroxylation is 2. The molecule has 2 aromatic carbocycles. The molecule has 1 aliphatic heterocycles. The molecule has 1 fully saturated rings. The number of carbonyl (C=O) groups is 2. The number of hydrogen-bond donors (Lipinski definition) is 2. The number of Topliss-reactive ketones (excluding diaryl/α,β-unsaturated/α-hetero) is 1. The lowest BCUT2D eigenvalue weighted by atomic mass is 9.83. The van der Waals surface area contributed by atoms with Gasteiger partial charge in [-0.05, 0) is 79.0 Å². The van der Waals surface area contributed by atoms with Gasteiger partial charge in [-0.2, -0.15) is 0 Å². The van der Waals surface area contributed by atoms with Crippen LogP contribution in [0.25, 0.3) is 0 Å². The molecule has 1 heterocycles. The Morgan fingerprint density at radius 3 is 2.43 bits per heavy atom. The number of ketones is 1. The monoisotopic (exact) mass is 528 g/mol. The molecular weight excluding hydrogens is 488 g/mol. The van der Waals surface area contributed by atoms with Crippen molar-refractivity contribution in [3.05, 3.63) is 53.1 Å². The number of aliphatic hydroxyl groups is 1. The third kappa shape index (κ3) is 7.51. The smallest absolute Gasteiger partial charge is 0.327 e. The van der Waals surface area contributed by atoms with Crippen LogP contribution in [0.4, 0.5) is 0 Å². The van der Waals surface area contributed by atoms with Crippen LogP contribution in [0.15, 0.2) is 41.3 Å². The van der Waals surface area contributed by atoms with E-state index in [1.54, 1.807) is 12.1 Å². The van der Waals surface area contributed by atoms with E-state index in [2.05, 4.69) is 27.7 Å². The second-order valence-electron chi connectivity index (χ2n) is 11.0.